The van der Waals surface area contributed by atoms with Crippen LogP contribution in [0.2, 0.25) is 5.15 Å². The third kappa shape index (κ3) is 2.97. The number of amides is 1. The molecule has 3 rings (SSSR count). The Morgan fingerprint density at radius 3 is 2.50 bits per heavy atom. The molecule has 0 fully saturated rings. The van der Waals surface area contributed by atoms with E-state index >= 15 is 0 Å². The number of carbonyl (C=O) groups excluding carboxylic acids is 1. The summed E-state index contributed by atoms with van der Waals surface area (Å²) in [5.41, 5.74) is 2.48. The van der Waals surface area contributed by atoms with Crippen molar-refractivity contribution in [3.05, 3.63) is 58.7 Å². The van der Waals surface area contributed by atoms with Crippen LogP contribution in [-0.4, -0.2) is 21.5 Å². The summed E-state index contributed by atoms with van der Waals surface area (Å²) in [6, 6.07) is 13.6. The molecular formula is C15H13ClN2OS. The van der Waals surface area contributed by atoms with Crippen LogP contribution >= 0.6 is 23.4 Å². The fourth-order valence-electron chi connectivity index (χ4n) is 2.21. The van der Waals surface area contributed by atoms with Gasteiger partial charge in [0, 0.05) is 13.1 Å². The maximum Gasteiger partial charge on any atom is 0.233 e. The topological polar surface area (TPSA) is 33.2 Å². The lowest BCUT2D eigenvalue weighted by molar-refractivity contribution is -0.128. The first-order valence-electron chi connectivity index (χ1n) is 6.32. The van der Waals surface area contributed by atoms with Gasteiger partial charge in [0.25, 0.3) is 0 Å². The van der Waals surface area contributed by atoms with Gasteiger partial charge in [0.05, 0.1) is 10.8 Å². The molecule has 2 heterocycles. The second-order valence-electron chi connectivity index (χ2n) is 4.61. The van der Waals surface area contributed by atoms with Gasteiger partial charge < -0.3 is 4.90 Å². The lowest BCUT2D eigenvalue weighted by Gasteiger charge is -2.14. The van der Waals surface area contributed by atoms with Gasteiger partial charge in [-0.3, -0.25) is 4.79 Å². The number of fused-ring (bicyclic) bond motifs is 1. The first-order valence-corrected chi connectivity index (χ1v) is 7.68. The van der Waals surface area contributed by atoms with Crippen LogP contribution in [-0.2, 0) is 17.9 Å². The molecule has 1 aromatic carbocycles. The molecule has 0 bridgehead atoms. The minimum absolute atomic E-state index is 0.132. The molecule has 1 aliphatic rings. The predicted molar refractivity (Wildman–Crippen MR) is 80.7 cm³/mol. The summed E-state index contributed by atoms with van der Waals surface area (Å²) in [6.07, 6.45) is 0. The molecule has 1 aromatic heterocycles. The van der Waals surface area contributed by atoms with Crippen LogP contribution in [0.15, 0.2) is 47.5 Å². The number of hydrogen-bond donors (Lipinski definition) is 0. The Labute approximate surface area is 127 Å². The van der Waals surface area contributed by atoms with Crippen molar-refractivity contribution in [2.75, 3.05) is 5.75 Å². The zero-order chi connectivity index (χ0) is 13.9. The van der Waals surface area contributed by atoms with E-state index in [0.29, 0.717) is 24.0 Å². The first-order chi connectivity index (χ1) is 9.72. The summed E-state index contributed by atoms with van der Waals surface area (Å²) >= 11 is 7.25. The maximum absolute atomic E-state index is 12.2. The second kappa shape index (κ2) is 5.85. The van der Waals surface area contributed by atoms with Gasteiger partial charge in [0.1, 0.15) is 5.15 Å². The Hall–Kier alpha value is -1.52. The van der Waals surface area contributed by atoms with E-state index in [1.807, 2.05) is 29.2 Å². The lowest BCUT2D eigenvalue weighted by Crippen LogP contribution is -2.26. The molecule has 2 aromatic rings. The number of halogens is 1. The highest BCUT2D eigenvalue weighted by Gasteiger charge is 2.22. The van der Waals surface area contributed by atoms with Gasteiger partial charge in [-0.25, -0.2) is 4.98 Å². The zero-order valence-electron chi connectivity index (χ0n) is 10.8. The van der Waals surface area contributed by atoms with Crippen LogP contribution in [0, 0.1) is 0 Å². The summed E-state index contributed by atoms with van der Waals surface area (Å²) in [7, 11) is 0. The number of hydrogen-bond acceptors (Lipinski definition) is 3. The molecular weight excluding hydrogens is 292 g/mol. The molecule has 5 heteroatoms. The predicted octanol–water partition coefficient (Wildman–Crippen LogP) is 3.37. The van der Waals surface area contributed by atoms with Gasteiger partial charge in [0.2, 0.25) is 5.91 Å². The summed E-state index contributed by atoms with van der Waals surface area (Å²) in [5.74, 6) is 0.523. The zero-order valence-corrected chi connectivity index (χ0v) is 12.3. The van der Waals surface area contributed by atoms with E-state index in [0.717, 1.165) is 5.03 Å². The van der Waals surface area contributed by atoms with E-state index in [-0.39, 0.29) is 5.91 Å². The van der Waals surface area contributed by atoms with Crippen molar-refractivity contribution < 1.29 is 4.79 Å². The van der Waals surface area contributed by atoms with Crippen molar-refractivity contribution >= 4 is 29.3 Å². The van der Waals surface area contributed by atoms with E-state index in [1.165, 1.54) is 22.9 Å². The molecule has 0 spiro atoms. The van der Waals surface area contributed by atoms with Gasteiger partial charge in [-0.05, 0) is 23.3 Å². The molecule has 0 unspecified atom stereocenters. The summed E-state index contributed by atoms with van der Waals surface area (Å²) in [6.45, 7) is 1.41. The Bertz CT molecular complexity index is 622. The van der Waals surface area contributed by atoms with Crippen molar-refractivity contribution in [2.45, 2.75) is 18.1 Å². The van der Waals surface area contributed by atoms with Gasteiger partial charge in [0.15, 0.2) is 0 Å². The van der Waals surface area contributed by atoms with E-state index in [9.17, 15) is 4.79 Å². The second-order valence-corrected chi connectivity index (χ2v) is 5.99. The standard InChI is InChI=1S/C15H13ClN2OS/c16-13-6-3-7-14(17-13)20-10-15(19)18-8-11-4-1-2-5-12(11)9-18/h1-7H,8-10H2. The highest BCUT2D eigenvalue weighted by Crippen LogP contribution is 2.24. The van der Waals surface area contributed by atoms with Crippen LogP contribution in [0.4, 0.5) is 0 Å². The molecule has 0 saturated heterocycles. The molecule has 1 amide bonds. The molecule has 0 saturated carbocycles. The number of pyridine rings is 1. The van der Waals surface area contributed by atoms with Crippen molar-refractivity contribution in [2.24, 2.45) is 0 Å². The van der Waals surface area contributed by atoms with Gasteiger partial charge in [-0.1, -0.05) is 53.7 Å². The van der Waals surface area contributed by atoms with Crippen molar-refractivity contribution in [3.8, 4) is 0 Å². The fraction of sp³-hybridized carbons (Fsp3) is 0.200. The Kier molecular flexibility index (Phi) is 3.94. The number of aromatic nitrogens is 1. The van der Waals surface area contributed by atoms with Crippen LogP contribution in [0.5, 0.6) is 0 Å². The molecule has 0 atom stereocenters. The molecule has 0 N–H and O–H groups in total. The highest BCUT2D eigenvalue weighted by molar-refractivity contribution is 7.99. The maximum atomic E-state index is 12.2. The number of nitrogens with zero attached hydrogens (tertiary/aromatic N) is 2. The summed E-state index contributed by atoms with van der Waals surface area (Å²) < 4.78 is 0. The minimum Gasteiger partial charge on any atom is -0.333 e. The molecule has 1 aliphatic heterocycles. The Morgan fingerprint density at radius 2 is 1.85 bits per heavy atom. The third-order valence-electron chi connectivity index (χ3n) is 3.23. The van der Waals surface area contributed by atoms with Crippen LogP contribution in [0.3, 0.4) is 0 Å². The smallest absolute Gasteiger partial charge is 0.233 e. The average Bonchev–Trinajstić information content (AvgIpc) is 2.89. The quantitative estimate of drug-likeness (QED) is 0.644. The number of thioether (sulfide) groups is 1. The summed E-state index contributed by atoms with van der Waals surface area (Å²) in [4.78, 5) is 18.3. The third-order valence-corrected chi connectivity index (χ3v) is 4.35. The van der Waals surface area contributed by atoms with Crippen molar-refractivity contribution in [1.82, 2.24) is 9.88 Å². The van der Waals surface area contributed by atoms with Crippen LogP contribution in [0.25, 0.3) is 0 Å². The molecule has 0 aliphatic carbocycles. The number of carbonyl (C=O) groups is 1. The first kappa shape index (κ1) is 13.5. The highest BCUT2D eigenvalue weighted by atomic mass is 35.5. The molecule has 102 valence electrons. The minimum atomic E-state index is 0.132. The normalized spacial score (nSPS) is 13.3. The Morgan fingerprint density at radius 1 is 1.15 bits per heavy atom. The number of rotatable bonds is 3. The van der Waals surface area contributed by atoms with Gasteiger partial charge >= 0.3 is 0 Å². The largest absolute Gasteiger partial charge is 0.333 e. The summed E-state index contributed by atoms with van der Waals surface area (Å²) in [5, 5.41) is 1.23. The van der Waals surface area contributed by atoms with Gasteiger partial charge in [-0.15, -0.1) is 0 Å². The van der Waals surface area contributed by atoms with Crippen LogP contribution in [0.1, 0.15) is 11.1 Å². The monoisotopic (exact) mass is 304 g/mol. The average molecular weight is 305 g/mol. The van der Waals surface area contributed by atoms with E-state index < -0.39 is 0 Å². The fourth-order valence-corrected chi connectivity index (χ4v) is 3.21. The van der Waals surface area contributed by atoms with E-state index in [2.05, 4.69) is 17.1 Å². The number of benzene rings is 1. The molecule has 20 heavy (non-hydrogen) atoms. The molecule has 0 radical (unpaired) electrons. The van der Waals surface area contributed by atoms with Crippen LogP contribution < -0.4 is 0 Å². The molecule has 3 nitrogen and oxygen atoms in total. The van der Waals surface area contributed by atoms with Gasteiger partial charge in [-0.2, -0.15) is 0 Å². The van der Waals surface area contributed by atoms with Crippen molar-refractivity contribution in [3.63, 3.8) is 0 Å². The Balaban J connectivity index is 1.59. The van der Waals surface area contributed by atoms with Crippen molar-refractivity contribution in [1.29, 1.82) is 0 Å². The SMILES string of the molecule is O=C(CSc1cccc(Cl)n1)N1Cc2ccccc2C1. The van der Waals surface area contributed by atoms with E-state index in [4.69, 9.17) is 11.6 Å². The van der Waals surface area contributed by atoms with E-state index in [1.54, 1.807) is 6.07 Å². The lowest BCUT2D eigenvalue weighted by atomic mass is 10.1.